The van der Waals surface area contributed by atoms with Gasteiger partial charge in [0.05, 0.1) is 5.69 Å². The van der Waals surface area contributed by atoms with Gasteiger partial charge >= 0.3 is 7.12 Å². The molecule has 0 fully saturated rings. The maximum absolute atomic E-state index is 9.05. The molecule has 7 nitrogen and oxygen atoms in total. The highest BCUT2D eigenvalue weighted by molar-refractivity contribution is 6.58. The van der Waals surface area contributed by atoms with Gasteiger partial charge in [-0.05, 0) is 29.7 Å². The molecule has 0 spiro atoms. The molecule has 2 aromatic rings. The molecule has 0 radical (unpaired) electrons. The third-order valence-electron chi connectivity index (χ3n) is 2.79. The van der Waals surface area contributed by atoms with E-state index in [-0.39, 0.29) is 5.71 Å². The fourth-order valence-corrected chi connectivity index (χ4v) is 1.67. The Labute approximate surface area is 132 Å². The van der Waals surface area contributed by atoms with Crippen LogP contribution in [0.1, 0.15) is 0 Å². The van der Waals surface area contributed by atoms with Crippen molar-refractivity contribution in [1.82, 2.24) is 0 Å². The summed E-state index contributed by atoms with van der Waals surface area (Å²) in [6.07, 6.45) is 0. The first kappa shape index (κ1) is 16.1. The smallest absolute Gasteiger partial charge is 0.455 e. The molecule has 2 aromatic carbocycles. The molecule has 23 heavy (non-hydrogen) atoms. The minimum atomic E-state index is -1.54. The largest absolute Gasteiger partial charge is 0.488 e. The molecule has 0 amide bonds. The van der Waals surface area contributed by atoms with Crippen molar-refractivity contribution in [3.8, 4) is 23.6 Å². The van der Waals surface area contributed by atoms with E-state index in [9.17, 15) is 0 Å². The highest BCUT2D eigenvalue weighted by atomic mass is 16.5. The van der Waals surface area contributed by atoms with Crippen LogP contribution in [0.5, 0.6) is 11.5 Å². The standard InChI is InChI=1S/C15H11BN4O3/c17-9-12(10-18)19-20-14-3-1-2-4-15(14)23-13-7-5-11(6-8-13)16(21)22/h1-8,20-22H. The van der Waals surface area contributed by atoms with Gasteiger partial charge in [0.1, 0.15) is 17.9 Å². The van der Waals surface area contributed by atoms with Crippen molar-refractivity contribution in [2.24, 2.45) is 5.10 Å². The SMILES string of the molecule is N#CC(C#N)=NNc1ccccc1Oc1ccc(B(O)O)cc1. The number of nitrogens with zero attached hydrogens (tertiary/aromatic N) is 3. The Morgan fingerprint density at radius 3 is 2.30 bits per heavy atom. The molecule has 0 aliphatic carbocycles. The average molecular weight is 306 g/mol. The summed E-state index contributed by atoms with van der Waals surface area (Å²) in [4.78, 5) is 0. The van der Waals surface area contributed by atoms with E-state index in [0.29, 0.717) is 22.6 Å². The third kappa shape index (κ3) is 4.32. The second-order valence-electron chi connectivity index (χ2n) is 4.34. The minimum Gasteiger partial charge on any atom is -0.455 e. The maximum atomic E-state index is 9.05. The molecule has 0 saturated heterocycles. The number of rotatable bonds is 5. The number of ether oxygens (including phenoxy) is 1. The molecule has 0 saturated carbocycles. The lowest BCUT2D eigenvalue weighted by atomic mass is 9.80. The summed E-state index contributed by atoms with van der Waals surface area (Å²) in [5.41, 5.74) is 3.12. The molecular weight excluding hydrogens is 295 g/mol. The maximum Gasteiger partial charge on any atom is 0.488 e. The van der Waals surface area contributed by atoms with Crippen molar-refractivity contribution in [2.45, 2.75) is 0 Å². The van der Waals surface area contributed by atoms with Crippen LogP contribution in [0.4, 0.5) is 5.69 Å². The molecule has 3 N–H and O–H groups in total. The summed E-state index contributed by atoms with van der Waals surface area (Å²) in [5.74, 6) is 0.914. The van der Waals surface area contributed by atoms with Crippen molar-refractivity contribution in [3.63, 3.8) is 0 Å². The summed E-state index contributed by atoms with van der Waals surface area (Å²) in [6.45, 7) is 0. The van der Waals surface area contributed by atoms with Crippen molar-refractivity contribution in [1.29, 1.82) is 10.5 Å². The van der Waals surface area contributed by atoms with Crippen molar-refractivity contribution >= 4 is 24.0 Å². The minimum absolute atomic E-state index is 0.305. The second kappa shape index (κ2) is 7.62. The van der Waals surface area contributed by atoms with Crippen LogP contribution >= 0.6 is 0 Å². The van der Waals surface area contributed by atoms with E-state index in [1.54, 1.807) is 48.5 Å². The zero-order chi connectivity index (χ0) is 16.7. The van der Waals surface area contributed by atoms with Crippen LogP contribution in [-0.2, 0) is 0 Å². The van der Waals surface area contributed by atoms with Gasteiger partial charge in [0.2, 0.25) is 5.71 Å². The van der Waals surface area contributed by atoms with E-state index >= 15 is 0 Å². The van der Waals surface area contributed by atoms with Gasteiger partial charge in [0, 0.05) is 0 Å². The number of hydrogen-bond acceptors (Lipinski definition) is 7. The molecular formula is C15H11BN4O3. The van der Waals surface area contributed by atoms with Gasteiger partial charge in [-0.2, -0.15) is 15.6 Å². The Kier molecular flexibility index (Phi) is 5.32. The molecule has 0 atom stereocenters. The lowest BCUT2D eigenvalue weighted by molar-refractivity contribution is 0.425. The fraction of sp³-hybridized carbons (Fsp3) is 0. The first-order valence-corrected chi connectivity index (χ1v) is 6.51. The number of nitriles is 2. The number of benzene rings is 2. The van der Waals surface area contributed by atoms with Crippen molar-refractivity contribution in [2.75, 3.05) is 5.43 Å². The van der Waals surface area contributed by atoms with Crippen LogP contribution in [0.25, 0.3) is 0 Å². The summed E-state index contributed by atoms with van der Waals surface area (Å²) < 4.78 is 5.68. The van der Waals surface area contributed by atoms with Crippen LogP contribution in [-0.4, -0.2) is 22.9 Å². The van der Waals surface area contributed by atoms with Crippen LogP contribution in [0, 0.1) is 22.7 Å². The molecule has 2 rings (SSSR count). The summed E-state index contributed by atoms with van der Waals surface area (Å²) >= 11 is 0. The molecule has 0 aromatic heterocycles. The Bertz CT molecular complexity index is 776. The van der Waals surface area contributed by atoms with E-state index in [0.717, 1.165) is 0 Å². The third-order valence-corrected chi connectivity index (χ3v) is 2.79. The van der Waals surface area contributed by atoms with E-state index < -0.39 is 7.12 Å². The predicted molar refractivity (Wildman–Crippen MR) is 85.1 cm³/mol. The van der Waals surface area contributed by atoms with E-state index in [1.165, 1.54) is 12.1 Å². The normalized spacial score (nSPS) is 9.22. The van der Waals surface area contributed by atoms with E-state index in [2.05, 4.69) is 10.5 Å². The molecule has 8 heteroatoms. The monoisotopic (exact) mass is 306 g/mol. The van der Waals surface area contributed by atoms with Crippen molar-refractivity contribution in [3.05, 3.63) is 48.5 Å². The van der Waals surface area contributed by atoms with Crippen LogP contribution in [0.15, 0.2) is 53.6 Å². The van der Waals surface area contributed by atoms with Gasteiger partial charge in [0.25, 0.3) is 0 Å². The summed E-state index contributed by atoms with van der Waals surface area (Å²) in [7, 11) is -1.54. The number of anilines is 1. The van der Waals surface area contributed by atoms with Gasteiger partial charge in [-0.3, -0.25) is 5.43 Å². The lowest BCUT2D eigenvalue weighted by Gasteiger charge is -2.10. The Balaban J connectivity index is 2.19. The Morgan fingerprint density at radius 2 is 1.70 bits per heavy atom. The van der Waals surface area contributed by atoms with E-state index in [4.69, 9.17) is 25.3 Å². The molecule has 0 aliphatic rings. The zero-order valence-corrected chi connectivity index (χ0v) is 11.8. The molecule has 0 heterocycles. The molecule has 0 aliphatic heterocycles. The average Bonchev–Trinajstić information content (AvgIpc) is 2.57. The van der Waals surface area contributed by atoms with Crippen molar-refractivity contribution < 1.29 is 14.8 Å². The quantitative estimate of drug-likeness (QED) is 0.430. The van der Waals surface area contributed by atoms with Gasteiger partial charge in [0.15, 0.2) is 5.75 Å². The van der Waals surface area contributed by atoms with Crippen LogP contribution in [0.2, 0.25) is 0 Å². The number of hydrazone groups is 1. The summed E-state index contributed by atoms with van der Waals surface area (Å²) in [6, 6.07) is 16.4. The number of nitrogens with one attached hydrogen (secondary N) is 1. The number of para-hydroxylation sites is 2. The van der Waals surface area contributed by atoms with E-state index in [1.807, 2.05) is 0 Å². The fourth-order valence-electron chi connectivity index (χ4n) is 1.67. The highest BCUT2D eigenvalue weighted by Gasteiger charge is 2.11. The zero-order valence-electron chi connectivity index (χ0n) is 11.8. The highest BCUT2D eigenvalue weighted by Crippen LogP contribution is 2.28. The first-order chi connectivity index (χ1) is 11.1. The van der Waals surface area contributed by atoms with Gasteiger partial charge in [-0.15, -0.1) is 0 Å². The summed E-state index contributed by atoms with van der Waals surface area (Å²) in [5, 5.41) is 39.1. The molecule has 0 unspecified atom stereocenters. The second-order valence-corrected chi connectivity index (χ2v) is 4.34. The predicted octanol–water partition coefficient (Wildman–Crippen LogP) is 0.974. The Morgan fingerprint density at radius 1 is 1.04 bits per heavy atom. The van der Waals surface area contributed by atoms with Gasteiger partial charge < -0.3 is 14.8 Å². The van der Waals surface area contributed by atoms with Crippen LogP contribution < -0.4 is 15.6 Å². The number of hydrogen-bond donors (Lipinski definition) is 3. The van der Waals surface area contributed by atoms with Crippen LogP contribution in [0.3, 0.4) is 0 Å². The van der Waals surface area contributed by atoms with Gasteiger partial charge in [-0.1, -0.05) is 24.3 Å². The molecule has 112 valence electrons. The first-order valence-electron chi connectivity index (χ1n) is 6.51. The topological polar surface area (TPSA) is 122 Å². The Hall–Kier alpha value is -3.33. The van der Waals surface area contributed by atoms with Gasteiger partial charge in [-0.25, -0.2) is 0 Å². The molecule has 0 bridgehead atoms. The lowest BCUT2D eigenvalue weighted by Crippen LogP contribution is -2.29.